The molecule has 0 N–H and O–H groups in total. The molecule has 0 aromatic heterocycles. The van der Waals surface area contributed by atoms with Crippen molar-refractivity contribution in [2.24, 2.45) is 0 Å². The summed E-state index contributed by atoms with van der Waals surface area (Å²) in [4.78, 5) is 37.8. The second kappa shape index (κ2) is 48.1. The van der Waals surface area contributed by atoms with Gasteiger partial charge in [-0.3, -0.25) is 14.4 Å². The molecule has 0 aromatic carbocycles. The smallest absolute Gasteiger partial charge is 0.306 e. The van der Waals surface area contributed by atoms with Crippen molar-refractivity contribution < 1.29 is 28.6 Å². The number of ether oxygens (including phenoxy) is 3. The predicted molar refractivity (Wildman–Crippen MR) is 247 cm³/mol. The third kappa shape index (κ3) is 45.5. The summed E-state index contributed by atoms with van der Waals surface area (Å²) in [5, 5.41) is 0. The van der Waals surface area contributed by atoms with Crippen LogP contribution in [-0.4, -0.2) is 37.2 Å². The number of hydrogen-bond acceptors (Lipinski definition) is 6. The van der Waals surface area contributed by atoms with Crippen molar-refractivity contribution in [2.45, 2.75) is 303 Å². The molecule has 0 fully saturated rings. The third-order valence-corrected chi connectivity index (χ3v) is 11.9. The zero-order valence-corrected chi connectivity index (χ0v) is 39.3. The Morgan fingerprint density at radius 3 is 0.690 bits per heavy atom. The molecule has 0 aliphatic heterocycles. The molecule has 6 heteroatoms. The molecular formula is C52H100O6. The van der Waals surface area contributed by atoms with Gasteiger partial charge < -0.3 is 14.2 Å². The highest BCUT2D eigenvalue weighted by Crippen LogP contribution is 2.17. The van der Waals surface area contributed by atoms with Crippen LogP contribution in [0.2, 0.25) is 0 Å². The van der Waals surface area contributed by atoms with Gasteiger partial charge in [-0.1, -0.05) is 258 Å². The Kier molecular flexibility index (Phi) is 46.8. The van der Waals surface area contributed by atoms with Crippen LogP contribution in [0.3, 0.4) is 0 Å². The monoisotopic (exact) mass is 821 g/mol. The quantitative estimate of drug-likeness (QED) is 0.0346. The maximum atomic E-state index is 12.7. The topological polar surface area (TPSA) is 78.9 Å². The first kappa shape index (κ1) is 56.4. The van der Waals surface area contributed by atoms with Crippen molar-refractivity contribution in [1.82, 2.24) is 0 Å². The summed E-state index contributed by atoms with van der Waals surface area (Å²) in [5.41, 5.74) is 0. The first-order valence-electron chi connectivity index (χ1n) is 26.0. The molecule has 6 nitrogen and oxygen atoms in total. The van der Waals surface area contributed by atoms with Gasteiger partial charge in [0.2, 0.25) is 0 Å². The van der Waals surface area contributed by atoms with E-state index in [1.54, 1.807) is 0 Å². The Bertz CT molecular complexity index is 859. The molecule has 0 rings (SSSR count). The van der Waals surface area contributed by atoms with Crippen LogP contribution >= 0.6 is 0 Å². The molecule has 1 atom stereocenters. The summed E-state index contributed by atoms with van der Waals surface area (Å²) in [7, 11) is 0. The Balaban J connectivity index is 4.14. The summed E-state index contributed by atoms with van der Waals surface area (Å²) in [6.07, 6.45) is 51.0. The Morgan fingerprint density at radius 2 is 0.466 bits per heavy atom. The van der Waals surface area contributed by atoms with Gasteiger partial charge in [0.05, 0.1) is 0 Å². The third-order valence-electron chi connectivity index (χ3n) is 11.9. The second-order valence-electron chi connectivity index (χ2n) is 17.8. The van der Waals surface area contributed by atoms with Crippen molar-refractivity contribution in [1.29, 1.82) is 0 Å². The lowest BCUT2D eigenvalue weighted by Gasteiger charge is -2.18. The van der Waals surface area contributed by atoms with Crippen LogP contribution in [0.25, 0.3) is 0 Å². The minimum Gasteiger partial charge on any atom is -0.462 e. The minimum absolute atomic E-state index is 0.0626. The zero-order valence-electron chi connectivity index (χ0n) is 39.3. The summed E-state index contributed by atoms with van der Waals surface area (Å²) in [5.74, 6) is -0.849. The van der Waals surface area contributed by atoms with Crippen LogP contribution in [0.1, 0.15) is 297 Å². The van der Waals surface area contributed by atoms with E-state index in [0.29, 0.717) is 19.3 Å². The lowest BCUT2D eigenvalue weighted by molar-refractivity contribution is -0.167. The van der Waals surface area contributed by atoms with E-state index >= 15 is 0 Å². The molecule has 0 radical (unpaired) electrons. The highest BCUT2D eigenvalue weighted by molar-refractivity contribution is 5.71. The van der Waals surface area contributed by atoms with Gasteiger partial charge in [0.25, 0.3) is 0 Å². The molecule has 0 bridgehead atoms. The first-order valence-corrected chi connectivity index (χ1v) is 26.0. The van der Waals surface area contributed by atoms with E-state index in [1.165, 1.54) is 199 Å². The first-order chi connectivity index (χ1) is 28.5. The van der Waals surface area contributed by atoms with Crippen molar-refractivity contribution in [2.75, 3.05) is 13.2 Å². The molecule has 0 aliphatic rings. The van der Waals surface area contributed by atoms with Gasteiger partial charge in [-0.15, -0.1) is 0 Å². The van der Waals surface area contributed by atoms with Crippen LogP contribution < -0.4 is 0 Å². The van der Waals surface area contributed by atoms with Crippen molar-refractivity contribution in [3.63, 3.8) is 0 Å². The van der Waals surface area contributed by atoms with Crippen LogP contribution in [0.5, 0.6) is 0 Å². The van der Waals surface area contributed by atoms with Crippen molar-refractivity contribution in [3.05, 3.63) is 0 Å². The zero-order chi connectivity index (χ0) is 42.3. The summed E-state index contributed by atoms with van der Waals surface area (Å²) >= 11 is 0. The maximum Gasteiger partial charge on any atom is 0.306 e. The number of esters is 3. The summed E-state index contributed by atoms with van der Waals surface area (Å²) < 4.78 is 16.7. The number of rotatable bonds is 48. The van der Waals surface area contributed by atoms with E-state index in [-0.39, 0.29) is 31.1 Å². The summed E-state index contributed by atoms with van der Waals surface area (Å²) in [6.45, 7) is 6.64. The number of carbonyl (C=O) groups excluding carboxylic acids is 3. The second-order valence-corrected chi connectivity index (χ2v) is 17.8. The average Bonchev–Trinajstić information content (AvgIpc) is 3.22. The van der Waals surface area contributed by atoms with Gasteiger partial charge in [-0.05, 0) is 19.3 Å². The number of hydrogen-bond donors (Lipinski definition) is 0. The molecule has 344 valence electrons. The van der Waals surface area contributed by atoms with Crippen LogP contribution in [0, 0.1) is 0 Å². The van der Waals surface area contributed by atoms with E-state index in [2.05, 4.69) is 20.8 Å². The Morgan fingerprint density at radius 1 is 0.276 bits per heavy atom. The highest BCUT2D eigenvalue weighted by atomic mass is 16.6. The number of carbonyl (C=O) groups is 3. The normalized spacial score (nSPS) is 11.8. The van der Waals surface area contributed by atoms with E-state index < -0.39 is 6.10 Å². The fraction of sp³-hybridized carbons (Fsp3) is 0.942. The molecule has 0 heterocycles. The molecule has 58 heavy (non-hydrogen) atoms. The molecule has 0 unspecified atom stereocenters. The average molecular weight is 821 g/mol. The molecule has 0 saturated carbocycles. The number of unbranched alkanes of at least 4 members (excludes halogenated alkanes) is 37. The van der Waals surface area contributed by atoms with Crippen molar-refractivity contribution in [3.8, 4) is 0 Å². The SMILES string of the molecule is CCCCCCCCCCCCCCCCCCCCC(=O)OC[C@H](COC(=O)CCCCCCCCCCCCCCCCC)OC(=O)CCCCCCCCC. The molecule has 0 spiro atoms. The van der Waals surface area contributed by atoms with E-state index in [4.69, 9.17) is 14.2 Å². The molecule has 0 saturated heterocycles. The van der Waals surface area contributed by atoms with Gasteiger partial charge in [-0.2, -0.15) is 0 Å². The van der Waals surface area contributed by atoms with Gasteiger partial charge in [-0.25, -0.2) is 0 Å². The van der Waals surface area contributed by atoms with Crippen molar-refractivity contribution >= 4 is 17.9 Å². The molecule has 0 aromatic rings. The van der Waals surface area contributed by atoms with Crippen LogP contribution in [0.4, 0.5) is 0 Å². The lowest BCUT2D eigenvalue weighted by atomic mass is 10.0. The van der Waals surface area contributed by atoms with E-state index in [9.17, 15) is 14.4 Å². The Labute approximate surface area is 361 Å². The molecular weight excluding hydrogens is 721 g/mol. The predicted octanol–water partition coefficient (Wildman–Crippen LogP) is 16.8. The largest absolute Gasteiger partial charge is 0.462 e. The van der Waals surface area contributed by atoms with Crippen LogP contribution in [0.15, 0.2) is 0 Å². The Hall–Kier alpha value is -1.59. The van der Waals surface area contributed by atoms with Gasteiger partial charge in [0.15, 0.2) is 6.10 Å². The van der Waals surface area contributed by atoms with Gasteiger partial charge >= 0.3 is 17.9 Å². The van der Waals surface area contributed by atoms with E-state index in [0.717, 1.165) is 57.8 Å². The van der Waals surface area contributed by atoms with Gasteiger partial charge in [0.1, 0.15) is 13.2 Å². The van der Waals surface area contributed by atoms with Crippen LogP contribution in [-0.2, 0) is 28.6 Å². The highest BCUT2D eigenvalue weighted by Gasteiger charge is 2.19. The molecule has 0 aliphatic carbocycles. The van der Waals surface area contributed by atoms with E-state index in [1.807, 2.05) is 0 Å². The fourth-order valence-electron chi connectivity index (χ4n) is 7.92. The lowest BCUT2D eigenvalue weighted by Crippen LogP contribution is -2.30. The minimum atomic E-state index is -0.758. The standard InChI is InChI=1S/C52H100O6/c1-4-7-10-13-16-18-20-22-24-25-26-28-30-32-34-37-39-42-45-51(54)57-48-49(58-52(55)46-43-40-35-15-12-9-6-3)47-56-50(53)44-41-38-36-33-31-29-27-23-21-19-17-14-11-8-5-2/h49H,4-48H2,1-3H3/t49-/m0/s1. The summed E-state index contributed by atoms with van der Waals surface area (Å²) in [6, 6.07) is 0. The molecule has 0 amide bonds. The van der Waals surface area contributed by atoms with Gasteiger partial charge in [0, 0.05) is 19.3 Å². The maximum absolute atomic E-state index is 12.7. The fourth-order valence-corrected chi connectivity index (χ4v) is 7.92.